The Hall–Kier alpha value is 2.13. The van der Waals surface area contributed by atoms with Gasteiger partial charge in [-0.1, -0.05) is 0 Å². The SMILES string of the molecule is S.[KH].[O]=[Cr](=[O])([OH])[O][Cr](=[O])(=[O])[OH]. The summed E-state index contributed by atoms with van der Waals surface area (Å²) >= 11 is -11.5. The van der Waals surface area contributed by atoms with E-state index in [1.165, 1.54) is 0 Å². The molecule has 0 saturated heterocycles. The molecule has 0 aliphatic rings. The predicted molar refractivity (Wildman–Crippen MR) is 25.8 cm³/mol. The molecule has 0 atom stereocenters. The van der Waals surface area contributed by atoms with Crippen molar-refractivity contribution >= 4 is 64.9 Å². The monoisotopic (exact) mass is 292 g/mol. The topological polar surface area (TPSA) is 118 Å². The summed E-state index contributed by atoms with van der Waals surface area (Å²) in [5, 5.41) is 0. The van der Waals surface area contributed by atoms with Crippen molar-refractivity contribution in [3.05, 3.63) is 0 Å². The molecule has 2 N–H and O–H groups in total. The van der Waals surface area contributed by atoms with Crippen LogP contribution < -0.4 is 0 Å². The molecule has 0 spiro atoms. The van der Waals surface area contributed by atoms with Crippen molar-refractivity contribution in [3.63, 3.8) is 0 Å². The van der Waals surface area contributed by atoms with Crippen molar-refractivity contribution in [1.29, 1.82) is 0 Å². The molecule has 66 valence electrons. The first-order chi connectivity index (χ1) is 3.71. The van der Waals surface area contributed by atoms with Crippen LogP contribution in [0.3, 0.4) is 0 Å². The second-order valence-corrected chi connectivity index (χ2v) is 4.68. The molecule has 0 aliphatic heterocycles. The molecule has 0 aliphatic carbocycles. The van der Waals surface area contributed by atoms with Gasteiger partial charge in [0.1, 0.15) is 0 Å². The van der Waals surface area contributed by atoms with E-state index < -0.39 is 27.2 Å². The van der Waals surface area contributed by atoms with Gasteiger partial charge in [-0.25, -0.2) is 0 Å². The van der Waals surface area contributed by atoms with Crippen molar-refractivity contribution in [2.75, 3.05) is 0 Å². The Labute approximate surface area is 116 Å². The molecule has 0 aromatic heterocycles. The quantitative estimate of drug-likeness (QED) is 0.554. The van der Waals surface area contributed by atoms with Gasteiger partial charge in [0, 0.05) is 0 Å². The van der Waals surface area contributed by atoms with Gasteiger partial charge in [-0.2, -0.15) is 13.5 Å². The van der Waals surface area contributed by atoms with Gasteiger partial charge in [0.2, 0.25) is 0 Å². The molecular formula is H5Cr2KO7S. The summed E-state index contributed by atoms with van der Waals surface area (Å²) in [6.07, 6.45) is 0. The van der Waals surface area contributed by atoms with E-state index in [9.17, 15) is 15.2 Å². The summed E-state index contributed by atoms with van der Waals surface area (Å²) in [6.45, 7) is 0. The summed E-state index contributed by atoms with van der Waals surface area (Å²) in [5.41, 5.74) is 0. The van der Waals surface area contributed by atoms with E-state index in [0.717, 1.165) is 0 Å². The van der Waals surface area contributed by atoms with Gasteiger partial charge < -0.3 is 0 Å². The van der Waals surface area contributed by atoms with Crippen molar-refractivity contribution in [2.24, 2.45) is 0 Å². The summed E-state index contributed by atoms with van der Waals surface area (Å²) < 4.78 is 56.3. The van der Waals surface area contributed by atoms with E-state index >= 15 is 0 Å². The van der Waals surface area contributed by atoms with Crippen LogP contribution in [-0.2, 0) is 45.3 Å². The Morgan fingerprint density at radius 2 is 1.09 bits per heavy atom. The van der Waals surface area contributed by atoms with Crippen LogP contribution in [0.5, 0.6) is 0 Å². The predicted octanol–water partition coefficient (Wildman–Crippen LogP) is -2.20. The van der Waals surface area contributed by atoms with Crippen LogP contribution in [0, 0.1) is 0 Å². The molecule has 0 aromatic carbocycles. The number of hydrogen-bond donors (Lipinski definition) is 2. The van der Waals surface area contributed by atoms with Gasteiger partial charge >= 0.3 is 105 Å². The van der Waals surface area contributed by atoms with Crippen LogP contribution in [0.25, 0.3) is 0 Å². The molecule has 0 aromatic rings. The zero-order chi connectivity index (χ0) is 7.71. The second kappa shape index (κ2) is 6.57. The van der Waals surface area contributed by atoms with Crippen LogP contribution in [0.15, 0.2) is 0 Å². The van der Waals surface area contributed by atoms with E-state index in [4.69, 9.17) is 8.32 Å². The summed E-state index contributed by atoms with van der Waals surface area (Å²) in [6, 6.07) is 0. The Morgan fingerprint density at radius 1 is 0.909 bits per heavy atom. The standard InChI is InChI=1S/2Cr.K.2H2O.5O.H2S.H/h;;;2*1H2;;;;;;1H2;/q2*+1;;;;;;;;;;/p-2. The van der Waals surface area contributed by atoms with Crippen molar-refractivity contribution in [1.82, 2.24) is 0 Å². The van der Waals surface area contributed by atoms with Gasteiger partial charge in [0.05, 0.1) is 0 Å². The maximum absolute atomic E-state index is 9.53. The zero-order valence-electron chi connectivity index (χ0n) is 4.25. The molecule has 0 saturated carbocycles. The normalized spacial score (nSPS) is 11.1. The van der Waals surface area contributed by atoms with E-state index in [0.29, 0.717) is 0 Å². The van der Waals surface area contributed by atoms with Crippen LogP contribution in [0.4, 0.5) is 0 Å². The third kappa shape index (κ3) is 18.8. The molecule has 0 rings (SSSR count). The molecule has 0 radical (unpaired) electrons. The van der Waals surface area contributed by atoms with Crippen molar-refractivity contribution in [3.8, 4) is 0 Å². The first-order valence-electron chi connectivity index (χ1n) is 1.37. The van der Waals surface area contributed by atoms with E-state index in [1.54, 1.807) is 0 Å². The van der Waals surface area contributed by atoms with Crippen molar-refractivity contribution in [2.45, 2.75) is 0 Å². The summed E-state index contributed by atoms with van der Waals surface area (Å²) in [7, 11) is 0. The average molecular weight is 292 g/mol. The first kappa shape index (κ1) is 18.8. The van der Waals surface area contributed by atoms with Crippen molar-refractivity contribution < 1.29 is 53.6 Å². The molecular weight excluding hydrogens is 287 g/mol. The fourth-order valence-electron chi connectivity index (χ4n) is 0.109. The Kier molecular flexibility index (Phi) is 11.2. The fraction of sp³-hybridized carbons (Fsp3) is 0. The number of hydrogen-bond acceptors (Lipinski definition) is 5. The van der Waals surface area contributed by atoms with E-state index in [1.807, 2.05) is 0 Å². The van der Waals surface area contributed by atoms with Crippen LogP contribution in [0.2, 0.25) is 0 Å². The zero-order valence-corrected chi connectivity index (χ0v) is 7.80. The molecule has 11 heteroatoms. The van der Waals surface area contributed by atoms with Crippen LogP contribution in [-0.4, -0.2) is 59.7 Å². The molecule has 0 fully saturated rings. The minimum absolute atomic E-state index is 0. The Bertz CT molecular complexity index is 242. The Morgan fingerprint density at radius 3 is 1.09 bits per heavy atom. The third-order valence-corrected chi connectivity index (χ3v) is 2.92. The van der Waals surface area contributed by atoms with Gasteiger partial charge in [-0.15, -0.1) is 0 Å². The van der Waals surface area contributed by atoms with E-state index in [-0.39, 0.29) is 64.9 Å². The first-order valence-corrected chi connectivity index (χ1v) is 5.63. The van der Waals surface area contributed by atoms with Crippen LogP contribution >= 0.6 is 13.5 Å². The molecule has 0 unspecified atom stereocenters. The van der Waals surface area contributed by atoms with Gasteiger partial charge in [0.15, 0.2) is 0 Å². The maximum atomic E-state index is 9.53. The second-order valence-electron chi connectivity index (χ2n) is 0.924. The minimum atomic E-state index is -5.76. The third-order valence-electron chi connectivity index (χ3n) is 0.172. The molecule has 0 amide bonds. The summed E-state index contributed by atoms with van der Waals surface area (Å²) in [4.78, 5) is 0. The number of rotatable bonds is 2. The van der Waals surface area contributed by atoms with Gasteiger partial charge in [0.25, 0.3) is 0 Å². The van der Waals surface area contributed by atoms with Crippen LogP contribution in [0.1, 0.15) is 0 Å². The summed E-state index contributed by atoms with van der Waals surface area (Å²) in [5.74, 6) is 0. The molecule has 0 heterocycles. The van der Waals surface area contributed by atoms with Gasteiger partial charge in [-0.3, -0.25) is 0 Å². The molecule has 0 bridgehead atoms. The molecule has 11 heavy (non-hydrogen) atoms. The van der Waals surface area contributed by atoms with E-state index in [2.05, 4.69) is 2.84 Å². The average Bonchev–Trinajstić information content (AvgIpc) is 1.14. The molecule has 7 nitrogen and oxygen atoms in total. The fourth-order valence-corrected chi connectivity index (χ4v) is 1.85. The Balaban J connectivity index is -0.000000320. The van der Waals surface area contributed by atoms with Gasteiger partial charge in [-0.05, 0) is 0 Å².